The van der Waals surface area contributed by atoms with Crippen LogP contribution in [0.5, 0.6) is 0 Å². The Kier molecular flexibility index (Phi) is 5.06. The number of halogens is 1. The number of amides is 1. The summed E-state index contributed by atoms with van der Waals surface area (Å²) in [6, 6.07) is 7.39. The summed E-state index contributed by atoms with van der Waals surface area (Å²) < 4.78 is 0. The van der Waals surface area contributed by atoms with Crippen molar-refractivity contribution >= 4 is 17.5 Å². The van der Waals surface area contributed by atoms with E-state index in [1.54, 1.807) is 6.92 Å². The second kappa shape index (κ2) is 6.59. The first kappa shape index (κ1) is 15.3. The van der Waals surface area contributed by atoms with Crippen LogP contribution in [0.3, 0.4) is 0 Å². The van der Waals surface area contributed by atoms with Crippen LogP contribution in [0.4, 0.5) is 0 Å². The smallest absolute Gasteiger partial charge is 0.219 e. The Morgan fingerprint density at radius 3 is 2.35 bits per heavy atom. The number of rotatable bonds is 3. The fourth-order valence-electron chi connectivity index (χ4n) is 2.96. The van der Waals surface area contributed by atoms with Crippen molar-refractivity contribution < 1.29 is 9.90 Å². The maximum Gasteiger partial charge on any atom is 0.219 e. The van der Waals surface area contributed by atoms with Crippen molar-refractivity contribution in [1.29, 1.82) is 0 Å². The third-order valence-electron chi connectivity index (χ3n) is 4.44. The number of carbonyl (C=O) groups excluding carboxylic acids is 1. The van der Waals surface area contributed by atoms with E-state index in [1.165, 1.54) is 0 Å². The minimum atomic E-state index is -0.471. The molecule has 1 amide bonds. The van der Waals surface area contributed by atoms with E-state index in [-0.39, 0.29) is 11.8 Å². The maximum absolute atomic E-state index is 11.3. The largest absolute Gasteiger partial charge is 0.388 e. The molecule has 1 heterocycles. The predicted octanol–water partition coefficient (Wildman–Crippen LogP) is 3.27. The van der Waals surface area contributed by atoms with E-state index in [2.05, 4.69) is 6.92 Å². The molecule has 1 N–H and O–H groups in total. The summed E-state index contributed by atoms with van der Waals surface area (Å²) in [6.07, 6.45) is 1.46. The standard InChI is InChI=1S/C16H22ClNO2/c1-11(13-7-9-18(10-8-13)12(2)19)16(20)14-3-5-15(17)6-4-14/h3-6,11,13,16,20H,7-10H2,1-2H3/t11-,16+/m0/s1. The molecule has 20 heavy (non-hydrogen) atoms. The number of hydrogen-bond donors (Lipinski definition) is 1. The van der Waals surface area contributed by atoms with Crippen molar-refractivity contribution in [3.63, 3.8) is 0 Å². The molecule has 110 valence electrons. The molecule has 0 radical (unpaired) electrons. The van der Waals surface area contributed by atoms with Crippen molar-refractivity contribution in [2.75, 3.05) is 13.1 Å². The van der Waals surface area contributed by atoms with Gasteiger partial charge in [0.15, 0.2) is 0 Å². The molecule has 2 atom stereocenters. The van der Waals surface area contributed by atoms with E-state index in [0.29, 0.717) is 10.9 Å². The van der Waals surface area contributed by atoms with Gasteiger partial charge in [-0.2, -0.15) is 0 Å². The monoisotopic (exact) mass is 295 g/mol. The van der Waals surface area contributed by atoms with Crippen LogP contribution in [0, 0.1) is 11.8 Å². The fourth-order valence-corrected chi connectivity index (χ4v) is 3.09. The molecule has 1 aliphatic rings. The molecule has 1 aliphatic heterocycles. The van der Waals surface area contributed by atoms with Crippen molar-refractivity contribution in [2.45, 2.75) is 32.8 Å². The van der Waals surface area contributed by atoms with Gasteiger partial charge in [0.1, 0.15) is 0 Å². The lowest BCUT2D eigenvalue weighted by molar-refractivity contribution is -0.130. The summed E-state index contributed by atoms with van der Waals surface area (Å²) in [6.45, 7) is 5.31. The second-order valence-corrected chi connectivity index (χ2v) is 6.14. The average Bonchev–Trinajstić information content (AvgIpc) is 2.46. The van der Waals surface area contributed by atoms with Gasteiger partial charge in [0.2, 0.25) is 5.91 Å². The lowest BCUT2D eigenvalue weighted by atomic mass is 9.80. The first-order valence-corrected chi connectivity index (χ1v) is 7.56. The molecule has 0 unspecified atom stereocenters. The van der Waals surface area contributed by atoms with Crippen molar-refractivity contribution in [2.24, 2.45) is 11.8 Å². The zero-order chi connectivity index (χ0) is 14.7. The van der Waals surface area contributed by atoms with Crippen LogP contribution in [0.2, 0.25) is 5.02 Å². The lowest BCUT2D eigenvalue weighted by Crippen LogP contribution is -2.39. The third kappa shape index (κ3) is 3.53. The second-order valence-electron chi connectivity index (χ2n) is 5.70. The summed E-state index contributed by atoms with van der Waals surface area (Å²) in [5.41, 5.74) is 0.913. The minimum absolute atomic E-state index is 0.148. The number of nitrogens with zero attached hydrogens (tertiary/aromatic N) is 1. The van der Waals surface area contributed by atoms with Crippen LogP contribution in [0.1, 0.15) is 38.4 Å². The zero-order valence-corrected chi connectivity index (χ0v) is 12.8. The van der Waals surface area contributed by atoms with Crippen molar-refractivity contribution in [3.8, 4) is 0 Å². The number of carbonyl (C=O) groups is 1. The number of piperidine rings is 1. The van der Waals surface area contributed by atoms with Gasteiger partial charge in [0.25, 0.3) is 0 Å². The van der Waals surface area contributed by atoms with E-state index in [1.807, 2.05) is 29.2 Å². The molecular formula is C16H22ClNO2. The topological polar surface area (TPSA) is 40.5 Å². The van der Waals surface area contributed by atoms with Crippen LogP contribution in [0.25, 0.3) is 0 Å². The molecule has 4 heteroatoms. The molecule has 0 spiro atoms. The highest BCUT2D eigenvalue weighted by molar-refractivity contribution is 6.30. The summed E-state index contributed by atoms with van der Waals surface area (Å²) in [5, 5.41) is 11.2. The summed E-state index contributed by atoms with van der Waals surface area (Å²) in [7, 11) is 0. The van der Waals surface area contributed by atoms with Crippen LogP contribution in [0.15, 0.2) is 24.3 Å². The van der Waals surface area contributed by atoms with E-state index >= 15 is 0 Å². The lowest BCUT2D eigenvalue weighted by Gasteiger charge is -2.36. The number of aliphatic hydroxyl groups is 1. The first-order valence-electron chi connectivity index (χ1n) is 7.18. The molecule has 2 rings (SSSR count). The summed E-state index contributed by atoms with van der Waals surface area (Å²) >= 11 is 5.87. The Morgan fingerprint density at radius 1 is 1.30 bits per heavy atom. The molecule has 1 saturated heterocycles. The van der Waals surface area contributed by atoms with Gasteiger partial charge in [-0.15, -0.1) is 0 Å². The van der Waals surface area contributed by atoms with Gasteiger partial charge in [-0.1, -0.05) is 30.7 Å². The molecule has 0 aliphatic carbocycles. The van der Waals surface area contributed by atoms with Gasteiger partial charge in [-0.25, -0.2) is 0 Å². The van der Waals surface area contributed by atoms with Crippen molar-refractivity contribution in [1.82, 2.24) is 4.90 Å². The Balaban J connectivity index is 1.96. The number of benzene rings is 1. The SMILES string of the molecule is CC(=O)N1CCC([C@H](C)[C@@H](O)c2ccc(Cl)cc2)CC1. The molecule has 3 nitrogen and oxygen atoms in total. The number of aliphatic hydroxyl groups excluding tert-OH is 1. The predicted molar refractivity (Wildman–Crippen MR) is 80.6 cm³/mol. The van der Waals surface area contributed by atoms with Crippen LogP contribution < -0.4 is 0 Å². The van der Waals surface area contributed by atoms with Crippen LogP contribution in [-0.2, 0) is 4.79 Å². The highest BCUT2D eigenvalue weighted by Gasteiger charge is 2.29. The molecule has 0 aromatic heterocycles. The molecule has 1 fully saturated rings. The van der Waals surface area contributed by atoms with Crippen LogP contribution in [-0.4, -0.2) is 29.0 Å². The normalized spacial score (nSPS) is 19.7. The Hall–Kier alpha value is -1.06. The summed E-state index contributed by atoms with van der Waals surface area (Å²) in [5.74, 6) is 0.788. The molecule has 0 saturated carbocycles. The van der Waals surface area contributed by atoms with Crippen molar-refractivity contribution in [3.05, 3.63) is 34.9 Å². The first-order chi connectivity index (χ1) is 9.49. The van der Waals surface area contributed by atoms with E-state index in [0.717, 1.165) is 31.5 Å². The summed E-state index contributed by atoms with van der Waals surface area (Å²) in [4.78, 5) is 13.2. The number of likely N-dealkylation sites (tertiary alicyclic amines) is 1. The average molecular weight is 296 g/mol. The Labute approximate surface area is 125 Å². The Bertz CT molecular complexity index is 452. The quantitative estimate of drug-likeness (QED) is 0.930. The van der Waals surface area contributed by atoms with Gasteiger partial charge in [0, 0.05) is 25.0 Å². The number of hydrogen-bond acceptors (Lipinski definition) is 2. The molecular weight excluding hydrogens is 274 g/mol. The fraction of sp³-hybridized carbons (Fsp3) is 0.562. The van der Waals surface area contributed by atoms with Crippen LogP contribution >= 0.6 is 11.6 Å². The van der Waals surface area contributed by atoms with Gasteiger partial charge in [-0.3, -0.25) is 4.79 Å². The Morgan fingerprint density at radius 2 is 1.85 bits per heavy atom. The highest BCUT2D eigenvalue weighted by atomic mass is 35.5. The van der Waals surface area contributed by atoms with E-state index in [4.69, 9.17) is 11.6 Å². The minimum Gasteiger partial charge on any atom is -0.388 e. The molecule has 1 aromatic rings. The van der Waals surface area contributed by atoms with Gasteiger partial charge in [-0.05, 0) is 42.4 Å². The molecule has 0 bridgehead atoms. The zero-order valence-electron chi connectivity index (χ0n) is 12.1. The third-order valence-corrected chi connectivity index (χ3v) is 4.69. The molecule has 1 aromatic carbocycles. The van der Waals surface area contributed by atoms with Gasteiger partial charge >= 0.3 is 0 Å². The van der Waals surface area contributed by atoms with Gasteiger partial charge < -0.3 is 10.0 Å². The van der Waals surface area contributed by atoms with E-state index < -0.39 is 6.10 Å². The highest BCUT2D eigenvalue weighted by Crippen LogP contribution is 2.34. The maximum atomic E-state index is 11.3. The van der Waals surface area contributed by atoms with E-state index in [9.17, 15) is 9.90 Å². The van der Waals surface area contributed by atoms with Gasteiger partial charge in [0.05, 0.1) is 6.10 Å².